The first-order valence-electron chi connectivity index (χ1n) is 8.44. The highest BCUT2D eigenvalue weighted by atomic mass is 16.5. The van der Waals surface area contributed by atoms with Crippen LogP contribution in [0.3, 0.4) is 0 Å². The van der Waals surface area contributed by atoms with Crippen molar-refractivity contribution in [1.82, 2.24) is 15.3 Å². The normalized spacial score (nSPS) is 12.1. The second-order valence-electron chi connectivity index (χ2n) is 6.41. The van der Waals surface area contributed by atoms with Crippen molar-refractivity contribution in [2.75, 3.05) is 6.61 Å². The SMILES string of the molecule is Cc1ccc(OCC(=O)NC(C)Cc2nc3ccccc3[nH]2)cc1C. The average molecular weight is 337 g/mol. The minimum Gasteiger partial charge on any atom is -0.484 e. The fourth-order valence-electron chi connectivity index (χ4n) is 2.71. The molecule has 3 aromatic rings. The first-order chi connectivity index (χ1) is 12.0. The third-order valence-electron chi connectivity index (χ3n) is 4.19. The third-order valence-corrected chi connectivity index (χ3v) is 4.19. The summed E-state index contributed by atoms with van der Waals surface area (Å²) in [5.74, 6) is 1.44. The molecule has 2 aromatic carbocycles. The molecule has 3 rings (SSSR count). The molecule has 0 fully saturated rings. The average Bonchev–Trinajstić information content (AvgIpc) is 2.97. The van der Waals surface area contributed by atoms with Gasteiger partial charge in [-0.25, -0.2) is 4.98 Å². The molecule has 2 N–H and O–H groups in total. The van der Waals surface area contributed by atoms with Crippen LogP contribution in [0, 0.1) is 13.8 Å². The van der Waals surface area contributed by atoms with Crippen molar-refractivity contribution < 1.29 is 9.53 Å². The number of ether oxygens (including phenoxy) is 1. The van der Waals surface area contributed by atoms with Crippen LogP contribution in [0.2, 0.25) is 0 Å². The molecule has 0 aliphatic carbocycles. The number of benzene rings is 2. The Kier molecular flexibility index (Phi) is 5.03. The van der Waals surface area contributed by atoms with E-state index in [-0.39, 0.29) is 18.6 Å². The number of amides is 1. The van der Waals surface area contributed by atoms with E-state index in [1.54, 1.807) is 0 Å². The van der Waals surface area contributed by atoms with Crippen LogP contribution in [0.5, 0.6) is 5.75 Å². The minimum atomic E-state index is -0.137. The van der Waals surface area contributed by atoms with E-state index >= 15 is 0 Å². The molecule has 0 bridgehead atoms. The van der Waals surface area contributed by atoms with Gasteiger partial charge in [-0.2, -0.15) is 0 Å². The van der Waals surface area contributed by atoms with Gasteiger partial charge < -0.3 is 15.0 Å². The lowest BCUT2D eigenvalue weighted by Crippen LogP contribution is -2.37. The van der Waals surface area contributed by atoms with Crippen molar-refractivity contribution >= 4 is 16.9 Å². The summed E-state index contributed by atoms with van der Waals surface area (Å²) in [4.78, 5) is 19.9. The monoisotopic (exact) mass is 337 g/mol. The molecule has 0 radical (unpaired) electrons. The number of nitrogens with zero attached hydrogens (tertiary/aromatic N) is 1. The Morgan fingerprint density at radius 1 is 1.20 bits per heavy atom. The van der Waals surface area contributed by atoms with E-state index in [0.29, 0.717) is 12.2 Å². The number of para-hydroxylation sites is 2. The lowest BCUT2D eigenvalue weighted by atomic mass is 10.1. The molecule has 0 saturated heterocycles. The smallest absolute Gasteiger partial charge is 0.258 e. The van der Waals surface area contributed by atoms with Crippen LogP contribution in [-0.4, -0.2) is 28.5 Å². The maximum atomic E-state index is 12.1. The summed E-state index contributed by atoms with van der Waals surface area (Å²) in [6, 6.07) is 13.7. The van der Waals surface area contributed by atoms with E-state index in [4.69, 9.17) is 4.74 Å². The van der Waals surface area contributed by atoms with Gasteiger partial charge in [0.2, 0.25) is 0 Å². The van der Waals surface area contributed by atoms with E-state index in [0.717, 1.165) is 22.4 Å². The number of fused-ring (bicyclic) bond motifs is 1. The predicted octanol–water partition coefficient (Wildman–Crippen LogP) is 3.31. The maximum absolute atomic E-state index is 12.1. The molecule has 5 heteroatoms. The van der Waals surface area contributed by atoms with Gasteiger partial charge in [0.1, 0.15) is 11.6 Å². The van der Waals surface area contributed by atoms with Gasteiger partial charge in [0.15, 0.2) is 6.61 Å². The lowest BCUT2D eigenvalue weighted by molar-refractivity contribution is -0.123. The molecular weight excluding hydrogens is 314 g/mol. The van der Waals surface area contributed by atoms with Crippen molar-refractivity contribution in [3.05, 3.63) is 59.4 Å². The molecular formula is C20H23N3O2. The standard InChI is InChI=1S/C20H23N3O2/c1-13-8-9-16(10-14(13)2)25-12-20(24)21-15(3)11-19-22-17-6-4-5-7-18(17)23-19/h4-10,15H,11-12H2,1-3H3,(H,21,24)(H,22,23). The lowest BCUT2D eigenvalue weighted by Gasteiger charge is -2.13. The number of hydrogen-bond donors (Lipinski definition) is 2. The van der Waals surface area contributed by atoms with Crippen molar-refractivity contribution in [2.45, 2.75) is 33.2 Å². The van der Waals surface area contributed by atoms with Crippen molar-refractivity contribution in [3.63, 3.8) is 0 Å². The largest absolute Gasteiger partial charge is 0.484 e. The summed E-state index contributed by atoms with van der Waals surface area (Å²) >= 11 is 0. The quantitative estimate of drug-likeness (QED) is 0.725. The Bertz CT molecular complexity index is 853. The summed E-state index contributed by atoms with van der Waals surface area (Å²) in [5, 5.41) is 2.95. The van der Waals surface area contributed by atoms with Gasteiger partial charge in [-0.1, -0.05) is 18.2 Å². The van der Waals surface area contributed by atoms with Crippen molar-refractivity contribution in [2.24, 2.45) is 0 Å². The van der Waals surface area contributed by atoms with E-state index in [1.807, 2.05) is 63.2 Å². The molecule has 1 amide bonds. The molecule has 1 aromatic heterocycles. The molecule has 130 valence electrons. The number of aryl methyl sites for hydroxylation is 2. The van der Waals surface area contributed by atoms with Crippen molar-refractivity contribution in [3.8, 4) is 5.75 Å². The van der Waals surface area contributed by atoms with Crippen LogP contribution >= 0.6 is 0 Å². The molecule has 25 heavy (non-hydrogen) atoms. The van der Waals surface area contributed by atoms with E-state index < -0.39 is 0 Å². The summed E-state index contributed by atoms with van der Waals surface area (Å²) in [6.45, 7) is 6.04. The highest BCUT2D eigenvalue weighted by Crippen LogP contribution is 2.16. The Hall–Kier alpha value is -2.82. The van der Waals surface area contributed by atoms with Gasteiger partial charge >= 0.3 is 0 Å². The molecule has 1 atom stereocenters. The van der Waals surface area contributed by atoms with Gasteiger partial charge in [-0.3, -0.25) is 4.79 Å². The molecule has 0 saturated carbocycles. The van der Waals surface area contributed by atoms with Gasteiger partial charge in [0.05, 0.1) is 11.0 Å². The number of rotatable bonds is 6. The summed E-state index contributed by atoms with van der Waals surface area (Å²) in [5.41, 5.74) is 4.30. The number of aromatic amines is 1. The Morgan fingerprint density at radius 3 is 2.76 bits per heavy atom. The van der Waals surface area contributed by atoms with Crippen LogP contribution in [0.1, 0.15) is 23.9 Å². The molecule has 0 aliphatic rings. The number of carbonyl (C=O) groups excluding carboxylic acids is 1. The van der Waals surface area contributed by atoms with Crippen LogP contribution in [0.15, 0.2) is 42.5 Å². The third kappa shape index (κ3) is 4.38. The number of H-pyrrole nitrogens is 1. The zero-order valence-corrected chi connectivity index (χ0v) is 14.8. The molecule has 0 spiro atoms. The summed E-state index contributed by atoms with van der Waals surface area (Å²) in [7, 11) is 0. The summed E-state index contributed by atoms with van der Waals surface area (Å²) < 4.78 is 5.57. The molecule has 5 nitrogen and oxygen atoms in total. The Labute approximate surface area is 147 Å². The zero-order valence-electron chi connectivity index (χ0n) is 14.8. The number of aromatic nitrogens is 2. The predicted molar refractivity (Wildman–Crippen MR) is 98.8 cm³/mol. The Balaban J connectivity index is 1.50. The van der Waals surface area contributed by atoms with Gasteiger partial charge in [0, 0.05) is 12.5 Å². The highest BCUT2D eigenvalue weighted by molar-refractivity contribution is 5.78. The fraction of sp³-hybridized carbons (Fsp3) is 0.300. The number of carbonyl (C=O) groups is 1. The van der Waals surface area contributed by atoms with E-state index in [2.05, 4.69) is 15.3 Å². The van der Waals surface area contributed by atoms with E-state index in [1.165, 1.54) is 5.56 Å². The zero-order chi connectivity index (χ0) is 17.8. The van der Waals surface area contributed by atoms with E-state index in [9.17, 15) is 4.79 Å². The number of imidazole rings is 1. The van der Waals surface area contributed by atoms with Crippen LogP contribution in [0.25, 0.3) is 11.0 Å². The van der Waals surface area contributed by atoms with Gasteiger partial charge in [0.25, 0.3) is 5.91 Å². The van der Waals surface area contributed by atoms with Crippen LogP contribution in [-0.2, 0) is 11.2 Å². The second-order valence-corrected chi connectivity index (χ2v) is 6.41. The van der Waals surface area contributed by atoms with Crippen molar-refractivity contribution in [1.29, 1.82) is 0 Å². The minimum absolute atomic E-state index is 0.00692. The maximum Gasteiger partial charge on any atom is 0.258 e. The molecule has 0 aliphatic heterocycles. The fourth-order valence-corrected chi connectivity index (χ4v) is 2.71. The number of nitrogens with one attached hydrogen (secondary N) is 2. The van der Waals surface area contributed by atoms with Crippen LogP contribution in [0.4, 0.5) is 0 Å². The topological polar surface area (TPSA) is 67.0 Å². The first-order valence-corrected chi connectivity index (χ1v) is 8.44. The van der Waals surface area contributed by atoms with Gasteiger partial charge in [-0.05, 0) is 56.2 Å². The summed E-state index contributed by atoms with van der Waals surface area (Å²) in [6.07, 6.45) is 0.643. The van der Waals surface area contributed by atoms with Crippen LogP contribution < -0.4 is 10.1 Å². The Morgan fingerprint density at radius 2 is 2.00 bits per heavy atom. The number of hydrogen-bond acceptors (Lipinski definition) is 3. The molecule has 1 unspecified atom stereocenters. The van der Waals surface area contributed by atoms with Gasteiger partial charge in [-0.15, -0.1) is 0 Å². The molecule has 1 heterocycles. The second kappa shape index (κ2) is 7.38. The first kappa shape index (κ1) is 17.0. The highest BCUT2D eigenvalue weighted by Gasteiger charge is 2.11.